The van der Waals surface area contributed by atoms with Crippen molar-refractivity contribution in [3.8, 4) is 0 Å². The zero-order valence-electron chi connectivity index (χ0n) is 6.59. The van der Waals surface area contributed by atoms with Gasteiger partial charge in [-0.2, -0.15) is 0 Å². The SMILES string of the molecule is CC12COP3(=O)OC1(O3)SC2(O)O. The summed E-state index contributed by atoms with van der Waals surface area (Å²) < 4.78 is 25.9. The molecule has 0 aliphatic carbocycles. The Bertz CT molecular complexity index is 332. The third-order valence-corrected chi connectivity index (χ3v) is 5.92. The Labute approximate surface area is 77.8 Å². The highest BCUT2D eigenvalue weighted by Gasteiger charge is 2.86. The molecule has 0 radical (unpaired) electrons. The van der Waals surface area contributed by atoms with E-state index in [1.54, 1.807) is 6.92 Å². The van der Waals surface area contributed by atoms with Gasteiger partial charge in [-0.25, -0.2) is 13.6 Å². The van der Waals surface area contributed by atoms with Crippen LogP contribution in [-0.2, 0) is 18.1 Å². The van der Waals surface area contributed by atoms with Crippen molar-refractivity contribution in [3.05, 3.63) is 0 Å². The van der Waals surface area contributed by atoms with Crippen molar-refractivity contribution >= 4 is 19.6 Å². The minimum absolute atomic E-state index is 0.0374. The Morgan fingerprint density at radius 2 is 2.08 bits per heavy atom. The van der Waals surface area contributed by atoms with Crippen LogP contribution in [0.4, 0.5) is 0 Å². The van der Waals surface area contributed by atoms with E-state index >= 15 is 0 Å². The zero-order chi connectivity index (χ0) is 9.54. The van der Waals surface area contributed by atoms with Crippen LogP contribution >= 0.6 is 19.6 Å². The molecule has 4 rings (SSSR count). The summed E-state index contributed by atoms with van der Waals surface area (Å²) in [6.45, 7) is 1.51. The molecule has 1 spiro atoms. The van der Waals surface area contributed by atoms with Crippen LogP contribution in [0.2, 0.25) is 0 Å². The molecule has 0 aromatic heterocycles. The summed E-state index contributed by atoms with van der Waals surface area (Å²) >= 11 is 0.695. The van der Waals surface area contributed by atoms with Gasteiger partial charge in [-0.15, -0.1) is 0 Å². The monoisotopic (exact) mass is 226 g/mol. The lowest BCUT2D eigenvalue weighted by Gasteiger charge is -2.68. The van der Waals surface area contributed by atoms with Gasteiger partial charge in [-0.3, -0.25) is 4.52 Å². The Balaban J connectivity index is 2.01. The summed E-state index contributed by atoms with van der Waals surface area (Å²) in [6, 6.07) is 0. The fraction of sp³-hybridized carbons (Fsp3) is 1.00. The van der Waals surface area contributed by atoms with Crippen molar-refractivity contribution in [2.24, 2.45) is 5.41 Å². The van der Waals surface area contributed by atoms with E-state index in [1.165, 1.54) is 0 Å². The van der Waals surface area contributed by atoms with Crippen molar-refractivity contribution < 1.29 is 28.3 Å². The molecule has 4 saturated heterocycles. The topological polar surface area (TPSA) is 85.2 Å². The largest absolute Gasteiger partial charge is 0.481 e. The highest BCUT2D eigenvalue weighted by Crippen LogP contribution is 2.85. The average Bonchev–Trinajstić information content (AvgIpc) is 1.93. The molecule has 4 aliphatic heterocycles. The second-order valence-corrected chi connectivity index (χ2v) is 6.33. The van der Waals surface area contributed by atoms with E-state index in [1.807, 2.05) is 0 Å². The lowest BCUT2D eigenvalue weighted by molar-refractivity contribution is -0.358. The van der Waals surface area contributed by atoms with Crippen LogP contribution in [0.3, 0.4) is 0 Å². The van der Waals surface area contributed by atoms with Gasteiger partial charge < -0.3 is 10.2 Å². The van der Waals surface area contributed by atoms with Crippen molar-refractivity contribution in [1.82, 2.24) is 0 Å². The number of fused-ring (bicyclic) bond motifs is 1. The maximum absolute atomic E-state index is 11.2. The maximum Gasteiger partial charge on any atom is 0.481 e. The standard InChI is InChI=1S/C5H7O6PS/c1-3-2-9-12(8)10-5(3,11-12)13-4(3,6)7/h6-7H,2H2,1H3. The van der Waals surface area contributed by atoms with E-state index in [-0.39, 0.29) is 6.61 Å². The molecule has 4 heterocycles. The first kappa shape index (κ1) is 8.67. The minimum Gasteiger partial charge on any atom is -0.356 e. The number of rotatable bonds is 0. The molecule has 8 heteroatoms. The number of hydrogen-bond donors (Lipinski definition) is 2. The molecule has 0 aromatic rings. The summed E-state index contributed by atoms with van der Waals surface area (Å²) in [5, 5.41) is 15.7. The number of phosphoric ester groups is 1. The van der Waals surface area contributed by atoms with Gasteiger partial charge in [0.15, 0.2) is 0 Å². The molecular formula is C5H7O6PS. The molecule has 74 valence electrons. The quantitative estimate of drug-likeness (QED) is 0.451. The first-order valence-corrected chi connectivity index (χ1v) is 5.91. The summed E-state index contributed by atoms with van der Waals surface area (Å²) in [4.78, 5) is 0. The van der Waals surface area contributed by atoms with Crippen LogP contribution in [-0.4, -0.2) is 27.1 Å². The molecule has 0 amide bonds. The summed E-state index contributed by atoms with van der Waals surface area (Å²) in [7, 11) is -3.34. The number of hydrogen-bond acceptors (Lipinski definition) is 7. The second kappa shape index (κ2) is 1.86. The van der Waals surface area contributed by atoms with Gasteiger partial charge in [-0.05, 0) is 18.7 Å². The lowest BCUT2D eigenvalue weighted by atomic mass is 9.87. The molecule has 4 fully saturated rings. The number of thioether (sulfide) groups is 1. The molecule has 4 aliphatic rings. The van der Waals surface area contributed by atoms with Crippen LogP contribution in [0, 0.1) is 5.41 Å². The first-order chi connectivity index (χ1) is 5.83. The lowest BCUT2D eigenvalue weighted by Crippen LogP contribution is -2.77. The molecule has 1 atom stereocenters. The van der Waals surface area contributed by atoms with Crippen molar-refractivity contribution in [2.75, 3.05) is 6.61 Å². The molecule has 0 aromatic carbocycles. The van der Waals surface area contributed by atoms with Crippen molar-refractivity contribution in [3.63, 3.8) is 0 Å². The fourth-order valence-corrected chi connectivity index (χ4v) is 4.99. The highest BCUT2D eigenvalue weighted by atomic mass is 32.2. The number of aliphatic hydroxyl groups is 2. The molecule has 2 bridgehead atoms. The van der Waals surface area contributed by atoms with Gasteiger partial charge in [0.05, 0.1) is 6.61 Å². The second-order valence-electron chi connectivity index (χ2n) is 3.50. The summed E-state index contributed by atoms with van der Waals surface area (Å²) in [6.07, 6.45) is 0. The normalized spacial score (nSPS) is 61.8. The first-order valence-electron chi connectivity index (χ1n) is 3.64. The van der Waals surface area contributed by atoms with E-state index in [0.717, 1.165) is 0 Å². The van der Waals surface area contributed by atoms with E-state index in [2.05, 4.69) is 0 Å². The third kappa shape index (κ3) is 0.709. The Hall–Kier alpha value is 0.380. The molecular weight excluding hydrogens is 219 g/mol. The van der Waals surface area contributed by atoms with Crippen molar-refractivity contribution in [1.29, 1.82) is 0 Å². The van der Waals surface area contributed by atoms with E-state index < -0.39 is 23.5 Å². The Morgan fingerprint density at radius 1 is 1.46 bits per heavy atom. The van der Waals surface area contributed by atoms with E-state index in [9.17, 15) is 14.8 Å². The van der Waals surface area contributed by atoms with Gasteiger partial charge in [0.1, 0.15) is 5.41 Å². The predicted octanol–water partition coefficient (Wildman–Crippen LogP) is 0.217. The Kier molecular flexibility index (Phi) is 1.24. The highest BCUT2D eigenvalue weighted by molar-refractivity contribution is 8.03. The van der Waals surface area contributed by atoms with Crippen LogP contribution < -0.4 is 0 Å². The molecule has 1 unspecified atom stereocenters. The smallest absolute Gasteiger partial charge is 0.356 e. The fourth-order valence-electron chi connectivity index (χ4n) is 1.55. The van der Waals surface area contributed by atoms with Crippen LogP contribution in [0.25, 0.3) is 0 Å². The van der Waals surface area contributed by atoms with Gasteiger partial charge in [0.2, 0.25) is 5.12 Å². The van der Waals surface area contributed by atoms with Gasteiger partial charge in [0, 0.05) is 0 Å². The van der Waals surface area contributed by atoms with Crippen molar-refractivity contribution in [2.45, 2.75) is 17.2 Å². The van der Waals surface area contributed by atoms with E-state index in [4.69, 9.17) is 13.6 Å². The van der Waals surface area contributed by atoms with Crippen LogP contribution in [0.5, 0.6) is 0 Å². The minimum atomic E-state index is -3.34. The van der Waals surface area contributed by atoms with Crippen LogP contribution in [0.1, 0.15) is 6.92 Å². The van der Waals surface area contributed by atoms with Gasteiger partial charge >= 0.3 is 7.82 Å². The summed E-state index contributed by atoms with van der Waals surface area (Å²) in [5.41, 5.74) is -1.07. The Morgan fingerprint density at radius 3 is 2.54 bits per heavy atom. The molecule has 2 N–H and O–H groups in total. The van der Waals surface area contributed by atoms with Crippen LogP contribution in [0.15, 0.2) is 0 Å². The molecule has 13 heavy (non-hydrogen) atoms. The molecule has 6 nitrogen and oxygen atoms in total. The predicted molar refractivity (Wildman–Crippen MR) is 41.3 cm³/mol. The maximum atomic E-state index is 11.2. The van der Waals surface area contributed by atoms with E-state index in [0.29, 0.717) is 11.8 Å². The third-order valence-electron chi connectivity index (χ3n) is 2.65. The molecule has 0 saturated carbocycles. The average molecular weight is 226 g/mol. The van der Waals surface area contributed by atoms with Gasteiger partial charge in [-0.1, -0.05) is 0 Å². The zero-order valence-corrected chi connectivity index (χ0v) is 8.30. The summed E-state index contributed by atoms with van der Waals surface area (Å²) in [5.74, 6) is 0. The number of phosphoric acid groups is 1. The van der Waals surface area contributed by atoms with Gasteiger partial charge in [0.25, 0.3) is 5.12 Å².